The van der Waals surface area contributed by atoms with Gasteiger partial charge in [-0.25, -0.2) is 0 Å². The summed E-state index contributed by atoms with van der Waals surface area (Å²) < 4.78 is 16.7. The van der Waals surface area contributed by atoms with Crippen molar-refractivity contribution < 1.29 is 18.7 Å². The van der Waals surface area contributed by atoms with Gasteiger partial charge in [-0.15, -0.1) is 0 Å². The van der Waals surface area contributed by atoms with Crippen molar-refractivity contribution in [3.8, 4) is 11.5 Å². The Morgan fingerprint density at radius 3 is 2.64 bits per heavy atom. The fourth-order valence-electron chi connectivity index (χ4n) is 2.38. The first kappa shape index (κ1) is 14.2. The number of furan rings is 1. The molecule has 112 valence electrons. The molecule has 3 aromatic rings. The minimum atomic E-state index is -0.0792. The molecule has 0 aliphatic heterocycles. The summed E-state index contributed by atoms with van der Waals surface area (Å²) in [6, 6.07) is 13.2. The Hall–Kier alpha value is -2.75. The Labute approximate surface area is 128 Å². The lowest BCUT2D eigenvalue weighted by molar-refractivity contribution is 0.101. The van der Waals surface area contributed by atoms with Crippen molar-refractivity contribution in [2.45, 2.75) is 13.5 Å². The van der Waals surface area contributed by atoms with Gasteiger partial charge in [-0.3, -0.25) is 4.79 Å². The topological polar surface area (TPSA) is 48.7 Å². The molecule has 4 heteroatoms. The molecule has 0 fully saturated rings. The molecule has 0 bridgehead atoms. The number of methoxy groups -OCH3 is 1. The van der Waals surface area contributed by atoms with E-state index in [4.69, 9.17) is 13.9 Å². The highest BCUT2D eigenvalue weighted by Crippen LogP contribution is 2.38. The average molecular weight is 296 g/mol. The summed E-state index contributed by atoms with van der Waals surface area (Å²) in [5.74, 6) is 0.975. The molecule has 0 N–H and O–H groups in total. The van der Waals surface area contributed by atoms with Crippen LogP contribution in [0.4, 0.5) is 0 Å². The number of carbonyl (C=O) groups is 1. The number of benzene rings is 2. The van der Waals surface area contributed by atoms with Crippen molar-refractivity contribution in [3.63, 3.8) is 0 Å². The van der Waals surface area contributed by atoms with E-state index in [9.17, 15) is 4.79 Å². The van der Waals surface area contributed by atoms with Crippen LogP contribution in [-0.2, 0) is 6.61 Å². The molecule has 0 saturated carbocycles. The number of Topliss-reactive ketones (excluding diaryl/α,β-unsaturated/α-hetero) is 1. The van der Waals surface area contributed by atoms with Crippen molar-refractivity contribution in [3.05, 3.63) is 59.9 Å². The van der Waals surface area contributed by atoms with Crippen LogP contribution in [-0.4, -0.2) is 12.9 Å². The van der Waals surface area contributed by atoms with Gasteiger partial charge in [0.25, 0.3) is 0 Å². The van der Waals surface area contributed by atoms with E-state index in [1.54, 1.807) is 25.5 Å². The molecule has 0 saturated heterocycles. The number of carbonyl (C=O) groups excluding carboxylic acids is 1. The quantitative estimate of drug-likeness (QED) is 0.661. The van der Waals surface area contributed by atoms with Crippen molar-refractivity contribution in [2.24, 2.45) is 0 Å². The van der Waals surface area contributed by atoms with E-state index < -0.39 is 0 Å². The maximum absolute atomic E-state index is 11.9. The highest BCUT2D eigenvalue weighted by Gasteiger charge is 2.19. The van der Waals surface area contributed by atoms with Crippen LogP contribution in [0.15, 0.2) is 53.1 Å². The lowest BCUT2D eigenvalue weighted by atomic mass is 10.1. The smallest absolute Gasteiger partial charge is 0.179 e. The minimum Gasteiger partial charge on any atom is -0.493 e. The molecule has 22 heavy (non-hydrogen) atoms. The third-order valence-electron chi connectivity index (χ3n) is 3.48. The number of ketones is 1. The van der Waals surface area contributed by atoms with E-state index in [-0.39, 0.29) is 5.78 Å². The minimum absolute atomic E-state index is 0.0792. The van der Waals surface area contributed by atoms with Gasteiger partial charge in [0.2, 0.25) is 0 Å². The average Bonchev–Trinajstić information content (AvgIpc) is 3.02. The standard InChI is InChI=1S/C18H16O4/c1-12(19)15-10-16(20-2)18-14(8-9-21-18)17(15)22-11-13-6-4-3-5-7-13/h3-10H,11H2,1-2H3. The Balaban J connectivity index is 2.05. The molecular weight excluding hydrogens is 280 g/mol. The van der Waals surface area contributed by atoms with E-state index in [0.717, 1.165) is 10.9 Å². The van der Waals surface area contributed by atoms with Crippen LogP contribution in [0.5, 0.6) is 11.5 Å². The molecule has 0 unspecified atom stereocenters. The van der Waals surface area contributed by atoms with Gasteiger partial charge in [0.15, 0.2) is 17.1 Å². The molecule has 1 heterocycles. The monoisotopic (exact) mass is 296 g/mol. The van der Waals surface area contributed by atoms with Crippen molar-refractivity contribution in [1.82, 2.24) is 0 Å². The van der Waals surface area contributed by atoms with E-state index in [0.29, 0.717) is 29.3 Å². The number of ether oxygens (including phenoxy) is 2. The summed E-state index contributed by atoms with van der Waals surface area (Å²) in [5, 5.41) is 0.737. The Bertz CT molecular complexity index is 803. The second kappa shape index (κ2) is 5.93. The van der Waals surface area contributed by atoms with Gasteiger partial charge in [-0.2, -0.15) is 0 Å². The third kappa shape index (κ3) is 2.55. The van der Waals surface area contributed by atoms with Gasteiger partial charge in [0.1, 0.15) is 12.4 Å². The SMILES string of the molecule is COc1cc(C(C)=O)c(OCc2ccccc2)c2ccoc12. The van der Waals surface area contributed by atoms with Crippen LogP contribution >= 0.6 is 0 Å². The number of hydrogen-bond acceptors (Lipinski definition) is 4. The molecule has 0 aliphatic rings. The molecule has 0 amide bonds. The number of rotatable bonds is 5. The van der Waals surface area contributed by atoms with Crippen LogP contribution in [0.3, 0.4) is 0 Å². The van der Waals surface area contributed by atoms with Gasteiger partial charge in [-0.05, 0) is 24.6 Å². The summed E-state index contributed by atoms with van der Waals surface area (Å²) in [7, 11) is 1.55. The predicted molar refractivity (Wildman–Crippen MR) is 83.5 cm³/mol. The normalized spacial score (nSPS) is 10.6. The molecule has 0 aliphatic carbocycles. The molecule has 0 atom stereocenters. The van der Waals surface area contributed by atoms with E-state index >= 15 is 0 Å². The molecule has 4 nitrogen and oxygen atoms in total. The summed E-state index contributed by atoms with van der Waals surface area (Å²) >= 11 is 0. The first-order valence-corrected chi connectivity index (χ1v) is 6.96. The zero-order valence-electron chi connectivity index (χ0n) is 12.5. The summed E-state index contributed by atoms with van der Waals surface area (Å²) in [5.41, 5.74) is 2.10. The van der Waals surface area contributed by atoms with Gasteiger partial charge in [0, 0.05) is 0 Å². The lowest BCUT2D eigenvalue weighted by Gasteiger charge is -2.13. The highest BCUT2D eigenvalue weighted by atomic mass is 16.5. The van der Waals surface area contributed by atoms with Gasteiger partial charge in [-0.1, -0.05) is 30.3 Å². The Morgan fingerprint density at radius 2 is 1.95 bits per heavy atom. The zero-order chi connectivity index (χ0) is 15.5. The highest BCUT2D eigenvalue weighted by molar-refractivity contribution is 6.04. The molecule has 3 rings (SSSR count). The Kier molecular flexibility index (Phi) is 3.83. The van der Waals surface area contributed by atoms with Crippen molar-refractivity contribution in [1.29, 1.82) is 0 Å². The first-order chi connectivity index (χ1) is 10.7. The first-order valence-electron chi connectivity index (χ1n) is 6.96. The Morgan fingerprint density at radius 1 is 1.18 bits per heavy atom. The maximum atomic E-state index is 11.9. The van der Waals surface area contributed by atoms with Gasteiger partial charge < -0.3 is 13.9 Å². The van der Waals surface area contributed by atoms with Crippen molar-refractivity contribution >= 4 is 16.8 Å². The summed E-state index contributed by atoms with van der Waals surface area (Å²) in [4.78, 5) is 11.9. The predicted octanol–water partition coefficient (Wildman–Crippen LogP) is 4.22. The molecule has 0 spiro atoms. The van der Waals surface area contributed by atoms with Crippen molar-refractivity contribution in [2.75, 3.05) is 7.11 Å². The van der Waals surface area contributed by atoms with Crippen LogP contribution in [0.1, 0.15) is 22.8 Å². The third-order valence-corrected chi connectivity index (χ3v) is 3.48. The second-order valence-corrected chi connectivity index (χ2v) is 4.95. The van der Waals surface area contributed by atoms with Crippen LogP contribution in [0, 0.1) is 0 Å². The maximum Gasteiger partial charge on any atom is 0.179 e. The second-order valence-electron chi connectivity index (χ2n) is 4.95. The van der Waals surface area contributed by atoms with Gasteiger partial charge in [0.05, 0.1) is 24.3 Å². The largest absolute Gasteiger partial charge is 0.493 e. The van der Waals surface area contributed by atoms with Gasteiger partial charge >= 0.3 is 0 Å². The van der Waals surface area contributed by atoms with E-state index in [2.05, 4.69) is 0 Å². The van der Waals surface area contributed by atoms with Crippen LogP contribution in [0.2, 0.25) is 0 Å². The molecule has 1 aromatic heterocycles. The number of fused-ring (bicyclic) bond motifs is 1. The molecular formula is C18H16O4. The van der Waals surface area contributed by atoms with Crippen LogP contribution in [0.25, 0.3) is 11.0 Å². The summed E-state index contributed by atoms with van der Waals surface area (Å²) in [6.45, 7) is 1.89. The molecule has 2 aromatic carbocycles. The van der Waals surface area contributed by atoms with E-state index in [1.807, 2.05) is 30.3 Å². The zero-order valence-corrected chi connectivity index (χ0v) is 12.5. The molecule has 0 radical (unpaired) electrons. The fraction of sp³-hybridized carbons (Fsp3) is 0.167. The number of hydrogen-bond donors (Lipinski definition) is 0. The van der Waals surface area contributed by atoms with E-state index in [1.165, 1.54) is 6.92 Å². The lowest BCUT2D eigenvalue weighted by Crippen LogP contribution is -2.03. The fourth-order valence-corrected chi connectivity index (χ4v) is 2.38. The van der Waals surface area contributed by atoms with Crippen LogP contribution < -0.4 is 9.47 Å². The summed E-state index contributed by atoms with van der Waals surface area (Å²) in [6.07, 6.45) is 1.56.